The first-order valence-corrected chi connectivity index (χ1v) is 8.93. The van der Waals surface area contributed by atoms with Gasteiger partial charge in [0.25, 0.3) is 0 Å². The first-order chi connectivity index (χ1) is 7.38. The third-order valence-electron chi connectivity index (χ3n) is 1.96. The maximum atomic E-state index is 11.7. The van der Waals surface area contributed by atoms with E-state index >= 15 is 0 Å². The molecule has 16 heavy (non-hydrogen) atoms. The standard InChI is InChI=1S/C12H19NO2Si/c1-10(13-16(2,3)4)12(14)15-11-8-6-5-7-9-11/h5-10,13H,1-4H3/t10-/m0/s1. The van der Waals surface area contributed by atoms with Crippen LogP contribution in [-0.2, 0) is 4.79 Å². The van der Waals surface area contributed by atoms with Crippen LogP contribution in [0.1, 0.15) is 6.92 Å². The predicted molar refractivity (Wildman–Crippen MR) is 68.0 cm³/mol. The quantitative estimate of drug-likeness (QED) is 0.496. The molecule has 0 aliphatic carbocycles. The fourth-order valence-electron chi connectivity index (χ4n) is 1.40. The second kappa shape index (κ2) is 5.27. The molecule has 0 aliphatic rings. The van der Waals surface area contributed by atoms with Gasteiger partial charge in [0.15, 0.2) is 0 Å². The highest BCUT2D eigenvalue weighted by Crippen LogP contribution is 2.09. The van der Waals surface area contributed by atoms with Gasteiger partial charge in [0.05, 0.1) is 6.04 Å². The monoisotopic (exact) mass is 237 g/mol. The summed E-state index contributed by atoms with van der Waals surface area (Å²) in [6.07, 6.45) is 0. The maximum absolute atomic E-state index is 11.7. The average Bonchev–Trinajstić information content (AvgIpc) is 2.16. The van der Waals surface area contributed by atoms with Crippen molar-refractivity contribution in [1.82, 2.24) is 4.98 Å². The van der Waals surface area contributed by atoms with E-state index in [0.29, 0.717) is 5.75 Å². The molecular formula is C12H19NO2Si. The molecule has 4 heteroatoms. The number of ether oxygens (including phenoxy) is 1. The Hall–Kier alpha value is -1.13. The van der Waals surface area contributed by atoms with E-state index in [4.69, 9.17) is 4.74 Å². The van der Waals surface area contributed by atoms with Gasteiger partial charge < -0.3 is 9.72 Å². The molecule has 0 bridgehead atoms. The third kappa shape index (κ3) is 4.59. The van der Waals surface area contributed by atoms with Crippen LogP contribution in [0.25, 0.3) is 0 Å². The van der Waals surface area contributed by atoms with Crippen molar-refractivity contribution < 1.29 is 9.53 Å². The van der Waals surface area contributed by atoms with Gasteiger partial charge in [-0.05, 0) is 19.1 Å². The number of rotatable bonds is 4. The maximum Gasteiger partial charge on any atom is 0.327 e. The highest BCUT2D eigenvalue weighted by Gasteiger charge is 2.22. The van der Waals surface area contributed by atoms with Crippen LogP contribution in [0.15, 0.2) is 30.3 Å². The topological polar surface area (TPSA) is 38.3 Å². The predicted octanol–water partition coefficient (Wildman–Crippen LogP) is 2.41. The van der Waals surface area contributed by atoms with Gasteiger partial charge >= 0.3 is 5.97 Å². The molecular weight excluding hydrogens is 218 g/mol. The highest BCUT2D eigenvalue weighted by atomic mass is 28.3. The molecule has 0 fully saturated rings. The van der Waals surface area contributed by atoms with Crippen LogP contribution in [0.2, 0.25) is 19.6 Å². The van der Waals surface area contributed by atoms with E-state index in [1.54, 1.807) is 12.1 Å². The van der Waals surface area contributed by atoms with E-state index in [1.165, 1.54) is 0 Å². The Labute approximate surface area is 97.9 Å². The van der Waals surface area contributed by atoms with E-state index in [9.17, 15) is 4.79 Å². The number of nitrogens with one attached hydrogen (secondary N) is 1. The number of para-hydroxylation sites is 1. The van der Waals surface area contributed by atoms with Crippen LogP contribution >= 0.6 is 0 Å². The van der Waals surface area contributed by atoms with Crippen molar-refractivity contribution >= 4 is 14.2 Å². The van der Waals surface area contributed by atoms with Crippen molar-refractivity contribution in [2.45, 2.75) is 32.6 Å². The molecule has 0 unspecified atom stereocenters. The molecule has 1 aromatic carbocycles. The van der Waals surface area contributed by atoms with E-state index in [1.807, 2.05) is 25.1 Å². The fourth-order valence-corrected chi connectivity index (χ4v) is 2.82. The summed E-state index contributed by atoms with van der Waals surface area (Å²) >= 11 is 0. The summed E-state index contributed by atoms with van der Waals surface area (Å²) in [5.74, 6) is 0.366. The van der Waals surface area contributed by atoms with E-state index < -0.39 is 8.24 Å². The molecule has 1 rings (SSSR count). The summed E-state index contributed by atoms with van der Waals surface area (Å²) in [4.78, 5) is 15.0. The van der Waals surface area contributed by atoms with Gasteiger partial charge in [-0.3, -0.25) is 0 Å². The molecule has 0 amide bonds. The van der Waals surface area contributed by atoms with Gasteiger partial charge in [-0.15, -0.1) is 0 Å². The molecule has 1 atom stereocenters. The van der Waals surface area contributed by atoms with Crippen molar-refractivity contribution in [2.24, 2.45) is 0 Å². The molecule has 88 valence electrons. The van der Waals surface area contributed by atoms with Crippen molar-refractivity contribution in [3.8, 4) is 5.75 Å². The largest absolute Gasteiger partial charge is 0.425 e. The zero-order chi connectivity index (χ0) is 12.2. The smallest absolute Gasteiger partial charge is 0.327 e. The van der Waals surface area contributed by atoms with Gasteiger partial charge in [-0.1, -0.05) is 37.8 Å². The second-order valence-corrected chi connectivity index (χ2v) is 9.64. The molecule has 0 saturated carbocycles. The zero-order valence-corrected chi connectivity index (χ0v) is 11.3. The van der Waals surface area contributed by atoms with Crippen molar-refractivity contribution in [1.29, 1.82) is 0 Å². The lowest BCUT2D eigenvalue weighted by atomic mass is 10.3. The van der Waals surface area contributed by atoms with Gasteiger partial charge in [0, 0.05) is 0 Å². The van der Waals surface area contributed by atoms with Gasteiger partial charge in [0.1, 0.15) is 14.0 Å². The van der Waals surface area contributed by atoms with E-state index in [2.05, 4.69) is 24.6 Å². The Bertz CT molecular complexity index is 346. The lowest BCUT2D eigenvalue weighted by molar-refractivity contribution is -0.135. The lowest BCUT2D eigenvalue weighted by Gasteiger charge is -2.22. The first-order valence-electron chi connectivity index (χ1n) is 5.43. The lowest BCUT2D eigenvalue weighted by Crippen LogP contribution is -2.51. The Balaban J connectivity index is 2.53. The Kier molecular flexibility index (Phi) is 4.26. The van der Waals surface area contributed by atoms with E-state index in [-0.39, 0.29) is 12.0 Å². The SMILES string of the molecule is C[C@H](N[Si](C)(C)C)C(=O)Oc1ccccc1. The molecule has 1 N–H and O–H groups in total. The molecule has 0 radical (unpaired) electrons. The van der Waals surface area contributed by atoms with Crippen LogP contribution in [-0.4, -0.2) is 20.2 Å². The summed E-state index contributed by atoms with van der Waals surface area (Å²) in [5, 5.41) is 0. The molecule has 0 saturated heterocycles. The summed E-state index contributed by atoms with van der Waals surface area (Å²) < 4.78 is 5.24. The van der Waals surface area contributed by atoms with Crippen LogP contribution in [0, 0.1) is 0 Å². The van der Waals surface area contributed by atoms with Gasteiger partial charge in [-0.2, -0.15) is 0 Å². The molecule has 0 aliphatic heterocycles. The Morgan fingerprint density at radius 3 is 2.31 bits per heavy atom. The molecule has 3 nitrogen and oxygen atoms in total. The molecule has 1 aromatic rings. The highest BCUT2D eigenvalue weighted by molar-refractivity contribution is 6.73. The summed E-state index contributed by atoms with van der Waals surface area (Å²) in [6, 6.07) is 8.88. The van der Waals surface area contributed by atoms with Crippen LogP contribution in [0.4, 0.5) is 0 Å². The number of esters is 1. The number of hydrogen-bond acceptors (Lipinski definition) is 3. The Morgan fingerprint density at radius 1 is 1.25 bits per heavy atom. The third-order valence-corrected chi connectivity index (χ3v) is 3.26. The van der Waals surface area contributed by atoms with Crippen molar-refractivity contribution in [3.05, 3.63) is 30.3 Å². The molecule has 0 heterocycles. The van der Waals surface area contributed by atoms with Gasteiger partial charge in [-0.25, -0.2) is 4.79 Å². The zero-order valence-electron chi connectivity index (χ0n) is 10.3. The van der Waals surface area contributed by atoms with Crippen LogP contribution in [0.3, 0.4) is 0 Å². The van der Waals surface area contributed by atoms with Crippen LogP contribution in [0.5, 0.6) is 5.75 Å². The second-order valence-electron chi connectivity index (χ2n) is 4.85. The summed E-state index contributed by atoms with van der Waals surface area (Å²) in [5.41, 5.74) is 0. The fraction of sp³-hybridized carbons (Fsp3) is 0.417. The normalized spacial score (nSPS) is 13.2. The minimum absolute atomic E-state index is 0.228. The minimum atomic E-state index is -1.45. The number of carbonyl (C=O) groups is 1. The Morgan fingerprint density at radius 2 is 1.81 bits per heavy atom. The number of carbonyl (C=O) groups excluding carboxylic acids is 1. The van der Waals surface area contributed by atoms with Gasteiger partial charge in [0.2, 0.25) is 0 Å². The number of hydrogen-bond donors (Lipinski definition) is 1. The van der Waals surface area contributed by atoms with Crippen molar-refractivity contribution in [2.75, 3.05) is 0 Å². The minimum Gasteiger partial charge on any atom is -0.425 e. The summed E-state index contributed by atoms with van der Waals surface area (Å²) in [7, 11) is -1.45. The average molecular weight is 237 g/mol. The molecule has 0 aromatic heterocycles. The van der Waals surface area contributed by atoms with Crippen molar-refractivity contribution in [3.63, 3.8) is 0 Å². The van der Waals surface area contributed by atoms with E-state index in [0.717, 1.165) is 0 Å². The first kappa shape index (κ1) is 12.9. The van der Waals surface area contributed by atoms with Crippen LogP contribution < -0.4 is 9.72 Å². The summed E-state index contributed by atoms with van der Waals surface area (Å²) in [6.45, 7) is 8.29. The number of benzene rings is 1. The molecule has 0 spiro atoms.